The van der Waals surface area contributed by atoms with Crippen LogP contribution in [0.15, 0.2) is 95.5 Å². The van der Waals surface area contributed by atoms with Gasteiger partial charge in [-0.25, -0.2) is 9.78 Å². The number of carbonyl (C=O) groups is 1. The summed E-state index contributed by atoms with van der Waals surface area (Å²) in [6, 6.07) is 26.8. The van der Waals surface area contributed by atoms with E-state index in [-0.39, 0.29) is 0 Å². The van der Waals surface area contributed by atoms with E-state index in [1.807, 2.05) is 90.3 Å². The van der Waals surface area contributed by atoms with Gasteiger partial charge in [0.2, 0.25) is 5.60 Å². The Bertz CT molecular complexity index is 1170. The number of rotatable bonds is 7. The van der Waals surface area contributed by atoms with Gasteiger partial charge in [-0.3, -0.25) is 0 Å². The first-order chi connectivity index (χ1) is 15.1. The number of carboxylic acid groups (broad SMARTS) is 1. The molecule has 0 fully saturated rings. The maximum atomic E-state index is 11.1. The molecule has 0 aliphatic heterocycles. The number of hydrogen-bond donors (Lipinski definition) is 2. The summed E-state index contributed by atoms with van der Waals surface area (Å²) in [4.78, 5) is 21.7. The molecule has 0 atom stereocenters. The van der Waals surface area contributed by atoms with Crippen molar-refractivity contribution in [2.24, 2.45) is 5.16 Å². The number of nitrogens with two attached hydrogens (primary N) is 1. The Labute approximate surface area is 183 Å². The molecular weight excluding hydrogens is 410 g/mol. The van der Waals surface area contributed by atoms with Gasteiger partial charge in [0.15, 0.2) is 11.3 Å². The lowest BCUT2D eigenvalue weighted by molar-refractivity contribution is -0.129. The Balaban J connectivity index is 2.05. The Morgan fingerprint density at radius 2 is 1.55 bits per heavy atom. The number of carboxylic acids is 1. The molecule has 6 nitrogen and oxygen atoms in total. The van der Waals surface area contributed by atoms with Crippen molar-refractivity contribution >= 4 is 28.7 Å². The summed E-state index contributed by atoms with van der Waals surface area (Å²) in [5.41, 5.74) is 8.55. The topological polar surface area (TPSA) is 97.8 Å². The lowest BCUT2D eigenvalue weighted by atomic mass is 9.78. The number of aliphatic carboxylic acids is 1. The summed E-state index contributed by atoms with van der Waals surface area (Å²) in [5.74, 6) is -1.20. The molecular formula is C24H19N3O3S. The highest BCUT2D eigenvalue weighted by atomic mass is 32.1. The fraction of sp³-hybridized carbons (Fsp3) is 0.0417. The fourth-order valence-corrected chi connectivity index (χ4v) is 4.12. The van der Waals surface area contributed by atoms with Crippen molar-refractivity contribution in [3.63, 3.8) is 0 Å². The van der Waals surface area contributed by atoms with Crippen LogP contribution in [0.3, 0.4) is 0 Å². The van der Waals surface area contributed by atoms with Crippen LogP contribution in [-0.4, -0.2) is 22.3 Å². The minimum Gasteiger partial charge on any atom is -0.477 e. The Morgan fingerprint density at radius 3 is 2.10 bits per heavy atom. The number of nitrogens with zero attached hydrogens (tertiary/aromatic N) is 2. The highest BCUT2D eigenvalue weighted by Crippen LogP contribution is 2.44. The maximum absolute atomic E-state index is 11.1. The molecule has 154 valence electrons. The van der Waals surface area contributed by atoms with Crippen LogP contribution in [0.1, 0.15) is 16.7 Å². The minimum absolute atomic E-state index is 0.458. The number of nitrogen functional groups attached to an aromatic ring is 1. The van der Waals surface area contributed by atoms with Crippen molar-refractivity contribution in [2.45, 2.75) is 5.60 Å². The maximum Gasteiger partial charge on any atom is 0.350 e. The van der Waals surface area contributed by atoms with Crippen LogP contribution in [0.25, 0.3) is 11.3 Å². The fourth-order valence-electron chi connectivity index (χ4n) is 3.55. The van der Waals surface area contributed by atoms with Gasteiger partial charge in [-0.1, -0.05) is 90.1 Å². The molecule has 0 aliphatic rings. The molecule has 0 radical (unpaired) electrons. The smallest absolute Gasteiger partial charge is 0.350 e. The predicted octanol–water partition coefficient (Wildman–Crippen LogP) is 4.77. The summed E-state index contributed by atoms with van der Waals surface area (Å²) in [6.45, 7) is 0. The number of thiazole rings is 1. The first kappa shape index (κ1) is 20.3. The molecule has 7 heteroatoms. The monoisotopic (exact) mass is 429 g/mol. The van der Waals surface area contributed by atoms with E-state index in [2.05, 4.69) is 10.1 Å². The molecule has 0 unspecified atom stereocenters. The molecule has 31 heavy (non-hydrogen) atoms. The molecule has 0 aliphatic carbocycles. The zero-order valence-electron chi connectivity index (χ0n) is 16.4. The lowest BCUT2D eigenvalue weighted by Gasteiger charge is -2.34. The summed E-state index contributed by atoms with van der Waals surface area (Å²) in [7, 11) is 0. The highest BCUT2D eigenvalue weighted by Gasteiger charge is 2.41. The van der Waals surface area contributed by atoms with E-state index < -0.39 is 11.6 Å². The van der Waals surface area contributed by atoms with Crippen molar-refractivity contribution in [2.75, 3.05) is 5.73 Å². The zero-order valence-corrected chi connectivity index (χ0v) is 17.2. The summed E-state index contributed by atoms with van der Waals surface area (Å²) >= 11 is 1.35. The quantitative estimate of drug-likeness (QED) is 0.250. The van der Waals surface area contributed by atoms with Crippen LogP contribution in [0.5, 0.6) is 0 Å². The highest BCUT2D eigenvalue weighted by molar-refractivity contribution is 7.13. The normalized spacial score (nSPS) is 11.5. The van der Waals surface area contributed by atoms with Gasteiger partial charge in [0.1, 0.15) is 0 Å². The zero-order chi connectivity index (χ0) is 21.7. The van der Waals surface area contributed by atoms with E-state index in [9.17, 15) is 4.79 Å². The van der Waals surface area contributed by atoms with E-state index >= 15 is 0 Å². The van der Waals surface area contributed by atoms with E-state index in [0.29, 0.717) is 10.8 Å². The Kier molecular flexibility index (Phi) is 5.77. The van der Waals surface area contributed by atoms with Crippen molar-refractivity contribution in [1.82, 2.24) is 4.98 Å². The second kappa shape index (κ2) is 8.81. The first-order valence-corrected chi connectivity index (χ1v) is 10.4. The molecule has 0 saturated carbocycles. The van der Waals surface area contributed by atoms with Gasteiger partial charge in [-0.15, -0.1) is 11.3 Å². The average Bonchev–Trinajstić information content (AvgIpc) is 3.24. The number of anilines is 1. The molecule has 1 heterocycles. The molecule has 4 aromatic rings. The SMILES string of the molecule is Nc1nc(-c2ccccc2C(ON=CC(=O)O)(c2ccccc2)c2ccccc2)cs1. The summed E-state index contributed by atoms with van der Waals surface area (Å²) in [5, 5.41) is 15.3. The molecule has 0 saturated heterocycles. The second-order valence-electron chi connectivity index (χ2n) is 6.69. The van der Waals surface area contributed by atoms with Crippen LogP contribution >= 0.6 is 11.3 Å². The predicted molar refractivity (Wildman–Crippen MR) is 122 cm³/mol. The lowest BCUT2D eigenvalue weighted by Crippen LogP contribution is -2.32. The van der Waals surface area contributed by atoms with Crippen LogP contribution in [0.2, 0.25) is 0 Å². The van der Waals surface area contributed by atoms with Crippen LogP contribution in [-0.2, 0) is 15.2 Å². The molecule has 0 amide bonds. The minimum atomic E-state index is -1.22. The van der Waals surface area contributed by atoms with Crippen molar-refractivity contribution < 1.29 is 14.7 Å². The second-order valence-corrected chi connectivity index (χ2v) is 7.58. The standard InChI is InChI=1S/C24H19N3O3S/c25-23-27-21(16-31-23)19-13-7-8-14-20(19)24(30-26-15-22(28)29,17-9-3-1-4-10-17)18-11-5-2-6-12-18/h1-16H,(H2,25,27)(H,28,29). The summed E-state index contributed by atoms with van der Waals surface area (Å²) < 4.78 is 0. The van der Waals surface area contributed by atoms with Crippen LogP contribution < -0.4 is 5.73 Å². The van der Waals surface area contributed by atoms with Crippen LogP contribution in [0, 0.1) is 0 Å². The third kappa shape index (κ3) is 4.04. The van der Waals surface area contributed by atoms with E-state index in [1.54, 1.807) is 0 Å². The first-order valence-electron chi connectivity index (χ1n) is 9.47. The third-order valence-corrected chi connectivity index (χ3v) is 5.49. The largest absolute Gasteiger partial charge is 0.477 e. The Morgan fingerprint density at radius 1 is 0.968 bits per heavy atom. The Hall–Kier alpha value is -3.97. The van der Waals surface area contributed by atoms with E-state index in [0.717, 1.165) is 28.5 Å². The third-order valence-electron chi connectivity index (χ3n) is 4.82. The van der Waals surface area contributed by atoms with Gasteiger partial charge in [0.05, 0.1) is 5.69 Å². The van der Waals surface area contributed by atoms with E-state index in [1.165, 1.54) is 11.3 Å². The molecule has 0 bridgehead atoms. The summed E-state index contributed by atoms with van der Waals surface area (Å²) in [6.07, 6.45) is 0.740. The molecule has 1 aromatic heterocycles. The van der Waals surface area contributed by atoms with Gasteiger partial charge >= 0.3 is 5.97 Å². The van der Waals surface area contributed by atoms with Crippen molar-refractivity contribution in [1.29, 1.82) is 0 Å². The van der Waals surface area contributed by atoms with Gasteiger partial charge in [0.25, 0.3) is 0 Å². The molecule has 4 rings (SSSR count). The average molecular weight is 430 g/mol. The van der Waals surface area contributed by atoms with Crippen molar-refractivity contribution in [3.8, 4) is 11.3 Å². The van der Waals surface area contributed by atoms with Gasteiger partial charge in [-0.2, -0.15) is 0 Å². The van der Waals surface area contributed by atoms with Gasteiger partial charge < -0.3 is 15.7 Å². The van der Waals surface area contributed by atoms with Crippen molar-refractivity contribution in [3.05, 3.63) is 107 Å². The van der Waals surface area contributed by atoms with Crippen LogP contribution in [0.4, 0.5) is 5.13 Å². The van der Waals surface area contributed by atoms with Gasteiger partial charge in [0, 0.05) is 27.6 Å². The molecule has 3 N–H and O–H groups in total. The van der Waals surface area contributed by atoms with E-state index in [4.69, 9.17) is 15.7 Å². The van der Waals surface area contributed by atoms with Gasteiger partial charge in [-0.05, 0) is 0 Å². The number of hydrogen-bond acceptors (Lipinski definition) is 6. The number of benzene rings is 3. The number of oxime groups is 1. The molecule has 3 aromatic carbocycles. The molecule has 0 spiro atoms. The number of aromatic nitrogens is 1.